The van der Waals surface area contributed by atoms with Crippen LogP contribution in [0.4, 0.5) is 5.69 Å². The van der Waals surface area contributed by atoms with Gasteiger partial charge in [0.1, 0.15) is 10.7 Å². The Hall–Kier alpha value is -1.46. The molecule has 94 valence electrons. The minimum Gasteiger partial charge on any atom is -0.388 e. The molecule has 0 unspecified atom stereocenters. The molecule has 0 aliphatic rings. The number of pyridine rings is 1. The van der Waals surface area contributed by atoms with E-state index >= 15 is 0 Å². The van der Waals surface area contributed by atoms with Crippen LogP contribution < -0.4 is 11.1 Å². The van der Waals surface area contributed by atoms with Gasteiger partial charge in [-0.05, 0) is 35.6 Å². The van der Waals surface area contributed by atoms with Gasteiger partial charge in [0.25, 0.3) is 0 Å². The van der Waals surface area contributed by atoms with Gasteiger partial charge in [-0.15, -0.1) is 11.3 Å². The maximum absolute atomic E-state index is 5.65. The first-order valence-corrected chi connectivity index (χ1v) is 7.05. The predicted octanol–water partition coefficient (Wildman–Crippen LogP) is 2.95. The molecule has 18 heavy (non-hydrogen) atoms. The van der Waals surface area contributed by atoms with Gasteiger partial charge in [-0.2, -0.15) is 0 Å². The SMILES string of the molecule is CCc1ccsc1CNc1cccnc1C(N)=S. The molecule has 0 aliphatic heterocycles. The van der Waals surface area contributed by atoms with Crippen LogP contribution in [0.1, 0.15) is 23.1 Å². The highest BCUT2D eigenvalue weighted by atomic mass is 32.1. The number of aromatic nitrogens is 1. The van der Waals surface area contributed by atoms with E-state index in [1.807, 2.05) is 12.1 Å². The fraction of sp³-hybridized carbons (Fsp3) is 0.231. The summed E-state index contributed by atoms with van der Waals surface area (Å²) < 4.78 is 0. The number of thiocarbonyl (C=S) groups is 1. The molecule has 0 spiro atoms. The van der Waals surface area contributed by atoms with Gasteiger partial charge in [0, 0.05) is 17.6 Å². The molecule has 5 heteroatoms. The number of hydrogen-bond donors (Lipinski definition) is 2. The Morgan fingerprint density at radius 1 is 1.50 bits per heavy atom. The summed E-state index contributed by atoms with van der Waals surface area (Å²) in [5.41, 5.74) is 8.58. The van der Waals surface area contributed by atoms with Crippen molar-refractivity contribution >= 4 is 34.2 Å². The van der Waals surface area contributed by atoms with E-state index in [4.69, 9.17) is 18.0 Å². The minimum absolute atomic E-state index is 0.319. The van der Waals surface area contributed by atoms with Crippen LogP contribution in [-0.2, 0) is 13.0 Å². The largest absolute Gasteiger partial charge is 0.388 e. The number of thiophene rings is 1. The first-order valence-electron chi connectivity index (χ1n) is 5.76. The number of nitrogens with two attached hydrogens (primary N) is 1. The highest BCUT2D eigenvalue weighted by molar-refractivity contribution is 7.80. The van der Waals surface area contributed by atoms with Gasteiger partial charge in [0.15, 0.2) is 0 Å². The third kappa shape index (κ3) is 2.86. The molecule has 0 fully saturated rings. The molecule has 0 radical (unpaired) electrons. The van der Waals surface area contributed by atoms with E-state index in [0.717, 1.165) is 18.7 Å². The first kappa shape index (κ1) is 13.0. The minimum atomic E-state index is 0.319. The van der Waals surface area contributed by atoms with E-state index in [0.29, 0.717) is 10.7 Å². The molecule has 2 aromatic rings. The summed E-state index contributed by atoms with van der Waals surface area (Å²) in [4.78, 5) is 5.86. The van der Waals surface area contributed by atoms with Crippen LogP contribution in [0.3, 0.4) is 0 Å². The summed E-state index contributed by atoms with van der Waals surface area (Å²) >= 11 is 6.75. The molecule has 2 aromatic heterocycles. The summed E-state index contributed by atoms with van der Waals surface area (Å²) in [6.07, 6.45) is 2.75. The third-order valence-electron chi connectivity index (χ3n) is 2.70. The van der Waals surface area contributed by atoms with Gasteiger partial charge >= 0.3 is 0 Å². The molecule has 3 nitrogen and oxygen atoms in total. The Labute approximate surface area is 116 Å². The number of nitrogens with zero attached hydrogens (tertiary/aromatic N) is 1. The van der Waals surface area contributed by atoms with Crippen molar-refractivity contribution in [1.29, 1.82) is 0 Å². The number of anilines is 1. The molecule has 0 aromatic carbocycles. The Morgan fingerprint density at radius 2 is 2.33 bits per heavy atom. The van der Waals surface area contributed by atoms with Crippen molar-refractivity contribution in [3.8, 4) is 0 Å². The van der Waals surface area contributed by atoms with Crippen LogP contribution in [0.25, 0.3) is 0 Å². The van der Waals surface area contributed by atoms with Crippen LogP contribution in [0, 0.1) is 0 Å². The maximum Gasteiger partial charge on any atom is 0.124 e. The first-order chi connectivity index (χ1) is 8.72. The van der Waals surface area contributed by atoms with E-state index in [1.165, 1.54) is 10.4 Å². The monoisotopic (exact) mass is 277 g/mol. The molecule has 0 aliphatic carbocycles. The van der Waals surface area contributed by atoms with E-state index in [-0.39, 0.29) is 0 Å². The van der Waals surface area contributed by atoms with Crippen molar-refractivity contribution in [3.63, 3.8) is 0 Å². The molecular weight excluding hydrogens is 262 g/mol. The van der Waals surface area contributed by atoms with E-state index in [2.05, 4.69) is 28.7 Å². The van der Waals surface area contributed by atoms with Gasteiger partial charge in [0.05, 0.1) is 5.69 Å². The fourth-order valence-corrected chi connectivity index (χ4v) is 2.84. The molecule has 0 bridgehead atoms. The van der Waals surface area contributed by atoms with Gasteiger partial charge in [-0.1, -0.05) is 19.1 Å². The molecule has 0 saturated carbocycles. The lowest BCUT2D eigenvalue weighted by atomic mass is 10.2. The molecule has 2 rings (SSSR count). The van der Waals surface area contributed by atoms with Crippen LogP contribution in [0.15, 0.2) is 29.8 Å². The second-order valence-electron chi connectivity index (χ2n) is 3.84. The Balaban J connectivity index is 2.13. The van der Waals surface area contributed by atoms with Gasteiger partial charge in [-0.25, -0.2) is 0 Å². The summed E-state index contributed by atoms with van der Waals surface area (Å²) in [6, 6.07) is 5.99. The Morgan fingerprint density at radius 3 is 3.06 bits per heavy atom. The van der Waals surface area contributed by atoms with Crippen molar-refractivity contribution in [1.82, 2.24) is 4.98 Å². The molecule has 0 amide bonds. The molecular formula is C13H15N3S2. The highest BCUT2D eigenvalue weighted by Crippen LogP contribution is 2.20. The third-order valence-corrected chi connectivity index (χ3v) is 3.86. The quantitative estimate of drug-likeness (QED) is 0.825. The Bertz CT molecular complexity index is 549. The fourth-order valence-electron chi connectivity index (χ4n) is 1.76. The van der Waals surface area contributed by atoms with Crippen molar-refractivity contribution in [2.24, 2.45) is 5.73 Å². The van der Waals surface area contributed by atoms with Gasteiger partial charge in [-0.3, -0.25) is 4.98 Å². The van der Waals surface area contributed by atoms with Crippen molar-refractivity contribution in [2.45, 2.75) is 19.9 Å². The average Bonchev–Trinajstić information content (AvgIpc) is 2.84. The molecule has 0 atom stereocenters. The second-order valence-corrected chi connectivity index (χ2v) is 5.28. The second kappa shape index (κ2) is 5.93. The van der Waals surface area contributed by atoms with E-state index < -0.39 is 0 Å². The molecule has 3 N–H and O–H groups in total. The highest BCUT2D eigenvalue weighted by Gasteiger charge is 2.07. The summed E-state index contributed by atoms with van der Waals surface area (Å²) in [5.74, 6) is 0. The van der Waals surface area contributed by atoms with E-state index in [9.17, 15) is 0 Å². The lowest BCUT2D eigenvalue weighted by Gasteiger charge is -2.10. The van der Waals surface area contributed by atoms with Crippen LogP contribution in [0.2, 0.25) is 0 Å². The average molecular weight is 277 g/mol. The smallest absolute Gasteiger partial charge is 0.124 e. The number of rotatable bonds is 5. The number of hydrogen-bond acceptors (Lipinski definition) is 4. The predicted molar refractivity (Wildman–Crippen MR) is 81.1 cm³/mol. The topological polar surface area (TPSA) is 50.9 Å². The summed E-state index contributed by atoms with van der Waals surface area (Å²) in [5, 5.41) is 5.47. The molecule has 2 heterocycles. The van der Waals surface area contributed by atoms with Crippen molar-refractivity contribution < 1.29 is 0 Å². The summed E-state index contributed by atoms with van der Waals surface area (Å²) in [6.45, 7) is 2.94. The maximum atomic E-state index is 5.65. The van der Waals surface area contributed by atoms with Crippen LogP contribution >= 0.6 is 23.6 Å². The normalized spacial score (nSPS) is 10.3. The van der Waals surface area contributed by atoms with Crippen molar-refractivity contribution in [2.75, 3.05) is 5.32 Å². The van der Waals surface area contributed by atoms with Crippen LogP contribution in [-0.4, -0.2) is 9.97 Å². The zero-order valence-electron chi connectivity index (χ0n) is 10.1. The van der Waals surface area contributed by atoms with Crippen LogP contribution in [0.5, 0.6) is 0 Å². The number of aryl methyl sites for hydroxylation is 1. The zero-order valence-corrected chi connectivity index (χ0v) is 11.8. The van der Waals surface area contributed by atoms with E-state index in [1.54, 1.807) is 17.5 Å². The Kier molecular flexibility index (Phi) is 4.28. The lowest BCUT2D eigenvalue weighted by Crippen LogP contribution is -2.15. The lowest BCUT2D eigenvalue weighted by molar-refractivity contribution is 1.07. The standard InChI is InChI=1S/C13H15N3S2/c1-2-9-5-7-18-11(9)8-16-10-4-3-6-15-12(10)13(14)17/h3-7,16H,2,8H2,1H3,(H2,14,17). The van der Waals surface area contributed by atoms with Gasteiger partial charge < -0.3 is 11.1 Å². The van der Waals surface area contributed by atoms with Gasteiger partial charge in [0.2, 0.25) is 0 Å². The molecule has 0 saturated heterocycles. The zero-order chi connectivity index (χ0) is 13.0. The summed E-state index contributed by atoms with van der Waals surface area (Å²) in [7, 11) is 0. The van der Waals surface area contributed by atoms with Crippen molar-refractivity contribution in [3.05, 3.63) is 45.9 Å². The number of nitrogens with one attached hydrogen (secondary N) is 1.